The van der Waals surface area contributed by atoms with Crippen molar-refractivity contribution in [2.75, 3.05) is 14.2 Å². The largest absolute Gasteiger partial charge is 0.488 e. The molecule has 5 aromatic rings. The number of benzene rings is 3. The summed E-state index contributed by atoms with van der Waals surface area (Å²) in [6.45, 7) is 4.71. The summed E-state index contributed by atoms with van der Waals surface area (Å²) in [7, 11) is -0.118. The number of anilines is 3. The van der Waals surface area contributed by atoms with Crippen LogP contribution in [0.3, 0.4) is 0 Å². The van der Waals surface area contributed by atoms with Gasteiger partial charge in [0.05, 0.1) is 16.6 Å². The first kappa shape index (κ1) is 20.3. The summed E-state index contributed by atoms with van der Waals surface area (Å²) in [6, 6.07) is 33.9. The van der Waals surface area contributed by atoms with E-state index in [1.54, 1.807) is 0 Å². The predicted octanol–water partition coefficient (Wildman–Crippen LogP) is 5.01. The topological polar surface area (TPSA) is 40.4 Å². The molecule has 0 amide bonds. The van der Waals surface area contributed by atoms with Crippen LogP contribution in [0.4, 0.5) is 17.2 Å². The van der Waals surface area contributed by atoms with Gasteiger partial charge in [-0.25, -0.2) is 9.97 Å². The highest BCUT2D eigenvalue weighted by Gasteiger charge is 2.55. The second-order valence-corrected chi connectivity index (χ2v) is 9.17. The fraction of sp³-hybridized carbons (Fsp3) is 0.0769. The van der Waals surface area contributed by atoms with Crippen LogP contribution in [-0.2, 0) is 0 Å². The Balaban J connectivity index is 1.54. The number of para-hydroxylation sites is 4. The van der Waals surface area contributed by atoms with Crippen LogP contribution in [0.5, 0.6) is 0 Å². The van der Waals surface area contributed by atoms with Crippen LogP contribution in [0.25, 0.3) is 22.4 Å². The Labute approximate surface area is 206 Å². The quantitative estimate of drug-likeness (QED) is 0.353. The summed E-state index contributed by atoms with van der Waals surface area (Å²) in [5.74, 6) is 1.92. The predicted molar refractivity (Wildman–Crippen MR) is 148 cm³/mol. The Morgan fingerprint density at radius 2 is 1.26 bits per heavy atom. The molecule has 9 heteroatoms. The molecular formula is C26H23B3N6. The van der Waals surface area contributed by atoms with E-state index in [9.17, 15) is 0 Å². The fourth-order valence-corrected chi connectivity index (χ4v) is 5.86. The number of nitrogens with zero attached hydrogens (tertiary/aromatic N) is 6. The minimum absolute atomic E-state index is 0.0559. The molecule has 1 saturated heterocycles. The number of rotatable bonds is 2. The second-order valence-electron chi connectivity index (χ2n) is 9.17. The van der Waals surface area contributed by atoms with Crippen molar-refractivity contribution in [3.05, 3.63) is 103 Å². The minimum Gasteiger partial charge on any atom is -0.425 e. The van der Waals surface area contributed by atoms with E-state index >= 15 is 0 Å². The Bertz CT molecular complexity index is 1510. The molecule has 166 valence electrons. The lowest BCUT2D eigenvalue weighted by atomic mass is 9.46. The zero-order valence-corrected chi connectivity index (χ0v) is 19.7. The lowest BCUT2D eigenvalue weighted by Crippen LogP contribution is -2.80. The molecule has 3 aromatic carbocycles. The van der Waals surface area contributed by atoms with E-state index in [2.05, 4.69) is 123 Å². The number of pyridine rings is 1. The number of aromatic nitrogens is 3. The maximum atomic E-state index is 5.10. The monoisotopic (exact) mass is 452 g/mol. The summed E-state index contributed by atoms with van der Waals surface area (Å²) in [5, 5.41) is 0. The van der Waals surface area contributed by atoms with Crippen molar-refractivity contribution in [1.82, 2.24) is 14.4 Å². The molecule has 7 rings (SSSR count). The molecule has 2 aliphatic rings. The fourth-order valence-electron chi connectivity index (χ4n) is 5.86. The molecule has 35 heavy (non-hydrogen) atoms. The van der Waals surface area contributed by atoms with E-state index in [0.29, 0.717) is 0 Å². The van der Waals surface area contributed by atoms with Crippen molar-refractivity contribution < 1.29 is 0 Å². The van der Waals surface area contributed by atoms with Crippen LogP contribution in [0.2, 0.25) is 13.6 Å². The van der Waals surface area contributed by atoms with Gasteiger partial charge in [-0.05, 0) is 62.2 Å². The van der Waals surface area contributed by atoms with Crippen molar-refractivity contribution in [2.24, 2.45) is 0 Å². The SMILES string of the molecule is CB1N(c2ccccc2)B(C)N2B(N1c1ccccc1)n1c(nc3ccccc31)-c1cccnc12. The van der Waals surface area contributed by atoms with Gasteiger partial charge in [-0.2, -0.15) is 0 Å². The van der Waals surface area contributed by atoms with Crippen LogP contribution in [0, 0.1) is 0 Å². The zero-order chi connectivity index (χ0) is 23.5. The number of hydrogen-bond donors (Lipinski definition) is 0. The van der Waals surface area contributed by atoms with E-state index in [4.69, 9.17) is 9.97 Å². The normalized spacial score (nSPS) is 14.8. The number of imidazole rings is 1. The van der Waals surface area contributed by atoms with Crippen molar-refractivity contribution in [3.63, 3.8) is 0 Å². The van der Waals surface area contributed by atoms with Gasteiger partial charge in [0, 0.05) is 17.6 Å². The Morgan fingerprint density at radius 3 is 2.00 bits per heavy atom. The molecule has 0 saturated carbocycles. The zero-order valence-electron chi connectivity index (χ0n) is 19.7. The second kappa shape index (κ2) is 7.70. The molecule has 0 radical (unpaired) electrons. The van der Waals surface area contributed by atoms with Gasteiger partial charge < -0.3 is 18.6 Å². The minimum atomic E-state index is -0.118. The van der Waals surface area contributed by atoms with Gasteiger partial charge in [0.1, 0.15) is 11.6 Å². The summed E-state index contributed by atoms with van der Waals surface area (Å²) in [4.78, 5) is 10.0. The average Bonchev–Trinajstić information content (AvgIpc) is 3.30. The molecule has 2 aromatic heterocycles. The number of fused-ring (bicyclic) bond motifs is 8. The van der Waals surface area contributed by atoms with Crippen LogP contribution in [0.1, 0.15) is 0 Å². The average molecular weight is 452 g/mol. The van der Waals surface area contributed by atoms with Crippen molar-refractivity contribution in [1.29, 1.82) is 0 Å². The highest BCUT2D eigenvalue weighted by molar-refractivity contribution is 7.04. The maximum Gasteiger partial charge on any atom is 0.488 e. The summed E-state index contributed by atoms with van der Waals surface area (Å²) in [5.41, 5.74) is 5.53. The van der Waals surface area contributed by atoms with Crippen molar-refractivity contribution in [2.45, 2.75) is 13.6 Å². The Kier molecular flexibility index (Phi) is 4.46. The van der Waals surface area contributed by atoms with Crippen LogP contribution < -0.4 is 14.2 Å². The molecule has 0 bridgehead atoms. The van der Waals surface area contributed by atoms with Gasteiger partial charge in [-0.1, -0.05) is 48.5 Å². The maximum absolute atomic E-state index is 5.10. The molecule has 6 nitrogen and oxygen atoms in total. The first-order valence-corrected chi connectivity index (χ1v) is 12.1. The third kappa shape index (κ3) is 2.87. The van der Waals surface area contributed by atoms with Crippen LogP contribution in [-0.4, -0.2) is 35.5 Å². The van der Waals surface area contributed by atoms with Gasteiger partial charge >= 0.3 is 21.1 Å². The highest BCUT2D eigenvalue weighted by Crippen LogP contribution is 2.42. The molecule has 0 aliphatic carbocycles. The van der Waals surface area contributed by atoms with E-state index in [1.165, 1.54) is 5.69 Å². The highest BCUT2D eigenvalue weighted by atomic mass is 15.4. The van der Waals surface area contributed by atoms with Crippen molar-refractivity contribution in [3.8, 4) is 11.4 Å². The lowest BCUT2D eigenvalue weighted by molar-refractivity contribution is 1.07. The molecule has 0 unspecified atom stereocenters. The van der Waals surface area contributed by atoms with Gasteiger partial charge in [0.15, 0.2) is 0 Å². The molecule has 4 heterocycles. The van der Waals surface area contributed by atoms with E-state index < -0.39 is 0 Å². The van der Waals surface area contributed by atoms with Crippen LogP contribution in [0.15, 0.2) is 103 Å². The van der Waals surface area contributed by atoms with E-state index in [0.717, 1.165) is 33.9 Å². The molecule has 0 N–H and O–H groups in total. The molecule has 2 aliphatic heterocycles. The van der Waals surface area contributed by atoms with Crippen molar-refractivity contribution >= 4 is 49.3 Å². The van der Waals surface area contributed by atoms with Crippen LogP contribution >= 0.6 is 0 Å². The molecule has 0 spiro atoms. The molecule has 1 fully saturated rings. The first-order valence-electron chi connectivity index (χ1n) is 12.1. The van der Waals surface area contributed by atoms with Gasteiger partial charge in [-0.3, -0.25) is 0 Å². The van der Waals surface area contributed by atoms with Gasteiger partial charge in [-0.15, -0.1) is 0 Å². The molecule has 0 atom stereocenters. The van der Waals surface area contributed by atoms with E-state index in [-0.39, 0.29) is 21.1 Å². The molecular weight excluding hydrogens is 429 g/mol. The Morgan fingerprint density at radius 1 is 0.629 bits per heavy atom. The third-order valence-electron chi connectivity index (χ3n) is 7.32. The Hall–Kier alpha value is -4.13. The standard InChI is InChI=1S/C26H23B3N6/c1-27-33(20-12-5-3-6-13-20)28(2)35-25-22(16-11-19-30-25)26-31-23-17-9-10-18-24(23)32(26)29(35)34(27)21-14-7-4-8-15-21/h3-19H,1-2H3. The number of hydrogen-bond acceptors (Lipinski definition) is 5. The summed E-state index contributed by atoms with van der Waals surface area (Å²) < 4.78 is 9.80. The van der Waals surface area contributed by atoms with E-state index in [1.807, 2.05) is 12.3 Å². The van der Waals surface area contributed by atoms with Gasteiger partial charge in [0.25, 0.3) is 0 Å². The summed E-state index contributed by atoms with van der Waals surface area (Å²) >= 11 is 0. The van der Waals surface area contributed by atoms with Gasteiger partial charge in [0.2, 0.25) is 0 Å². The smallest absolute Gasteiger partial charge is 0.425 e. The summed E-state index contributed by atoms with van der Waals surface area (Å²) in [6.07, 6.45) is 1.89. The third-order valence-corrected chi connectivity index (χ3v) is 7.32. The first-order chi connectivity index (χ1) is 17.2. The lowest BCUT2D eigenvalue weighted by Gasteiger charge is -2.56.